The summed E-state index contributed by atoms with van der Waals surface area (Å²) in [6, 6.07) is 1.98. The van der Waals surface area contributed by atoms with E-state index in [0.717, 1.165) is 12.1 Å². The lowest BCUT2D eigenvalue weighted by atomic mass is 10.1. The third-order valence-corrected chi connectivity index (χ3v) is 3.42. The van der Waals surface area contributed by atoms with Crippen LogP contribution < -0.4 is 5.32 Å². The third kappa shape index (κ3) is 5.64. The smallest absolute Gasteiger partial charge is 0.0922 e. The topological polar surface area (TPSA) is 32.3 Å². The molecular formula is C13H23NOS. The molecule has 0 saturated heterocycles. The molecule has 16 heavy (non-hydrogen) atoms. The second-order valence-electron chi connectivity index (χ2n) is 4.19. The molecule has 92 valence electrons. The van der Waals surface area contributed by atoms with Crippen molar-refractivity contribution in [3.63, 3.8) is 0 Å². The van der Waals surface area contributed by atoms with Crippen LogP contribution in [0.2, 0.25) is 0 Å². The van der Waals surface area contributed by atoms with Crippen LogP contribution >= 0.6 is 11.3 Å². The zero-order chi connectivity index (χ0) is 11.6. The van der Waals surface area contributed by atoms with E-state index in [1.807, 2.05) is 16.8 Å². The molecule has 1 atom stereocenters. The monoisotopic (exact) mass is 241 g/mol. The van der Waals surface area contributed by atoms with Crippen molar-refractivity contribution >= 4 is 11.3 Å². The summed E-state index contributed by atoms with van der Waals surface area (Å²) in [6.07, 6.45) is 6.15. The summed E-state index contributed by atoms with van der Waals surface area (Å²) < 4.78 is 0. The van der Waals surface area contributed by atoms with Crippen LogP contribution in [-0.4, -0.2) is 18.2 Å². The van der Waals surface area contributed by atoms with Gasteiger partial charge in [0.05, 0.1) is 6.10 Å². The minimum Gasteiger partial charge on any atom is -0.387 e. The highest BCUT2D eigenvalue weighted by Crippen LogP contribution is 2.14. The molecule has 1 unspecified atom stereocenters. The molecule has 0 saturated carbocycles. The van der Waals surface area contributed by atoms with Crippen molar-refractivity contribution in [2.45, 2.75) is 45.1 Å². The van der Waals surface area contributed by atoms with Crippen molar-refractivity contribution < 1.29 is 5.11 Å². The van der Waals surface area contributed by atoms with Gasteiger partial charge in [0, 0.05) is 6.54 Å². The van der Waals surface area contributed by atoms with E-state index in [0.29, 0.717) is 6.54 Å². The van der Waals surface area contributed by atoms with Gasteiger partial charge in [0.2, 0.25) is 0 Å². The van der Waals surface area contributed by atoms with Gasteiger partial charge in [-0.05, 0) is 35.4 Å². The van der Waals surface area contributed by atoms with Gasteiger partial charge in [-0.15, -0.1) is 0 Å². The average molecular weight is 241 g/mol. The molecule has 1 aromatic heterocycles. The fourth-order valence-electron chi connectivity index (χ4n) is 1.67. The SMILES string of the molecule is CCCCCCCNCC(O)c1ccsc1. The zero-order valence-corrected chi connectivity index (χ0v) is 10.9. The molecule has 0 aliphatic heterocycles. The molecule has 0 spiro atoms. The van der Waals surface area contributed by atoms with Crippen LogP contribution in [0.1, 0.15) is 50.7 Å². The van der Waals surface area contributed by atoms with E-state index < -0.39 is 0 Å². The Morgan fingerprint density at radius 1 is 1.31 bits per heavy atom. The number of thiophene rings is 1. The molecule has 0 bridgehead atoms. The summed E-state index contributed by atoms with van der Waals surface area (Å²) in [4.78, 5) is 0. The molecule has 0 amide bonds. The van der Waals surface area contributed by atoms with Gasteiger partial charge < -0.3 is 10.4 Å². The van der Waals surface area contributed by atoms with Crippen LogP contribution in [-0.2, 0) is 0 Å². The van der Waals surface area contributed by atoms with Gasteiger partial charge in [-0.25, -0.2) is 0 Å². The number of nitrogens with one attached hydrogen (secondary N) is 1. The predicted octanol–water partition coefficient (Wildman–Crippen LogP) is 3.34. The fraction of sp³-hybridized carbons (Fsp3) is 0.692. The van der Waals surface area contributed by atoms with Gasteiger partial charge in [0.1, 0.15) is 0 Å². The Morgan fingerprint density at radius 2 is 2.12 bits per heavy atom. The normalized spacial score (nSPS) is 12.9. The van der Waals surface area contributed by atoms with Gasteiger partial charge in [0.15, 0.2) is 0 Å². The lowest BCUT2D eigenvalue weighted by molar-refractivity contribution is 0.175. The van der Waals surface area contributed by atoms with E-state index in [1.54, 1.807) is 11.3 Å². The Labute approximate surface area is 103 Å². The molecule has 2 N–H and O–H groups in total. The molecule has 3 heteroatoms. The Morgan fingerprint density at radius 3 is 2.81 bits per heavy atom. The first-order chi connectivity index (χ1) is 7.84. The Hall–Kier alpha value is -0.380. The highest BCUT2D eigenvalue weighted by molar-refractivity contribution is 7.07. The maximum absolute atomic E-state index is 9.79. The van der Waals surface area contributed by atoms with Crippen LogP contribution in [0.3, 0.4) is 0 Å². The van der Waals surface area contributed by atoms with Crippen LogP contribution in [0.4, 0.5) is 0 Å². The van der Waals surface area contributed by atoms with Crippen LogP contribution in [0.5, 0.6) is 0 Å². The highest BCUT2D eigenvalue weighted by atomic mass is 32.1. The minimum absolute atomic E-state index is 0.345. The molecule has 0 radical (unpaired) electrons. The van der Waals surface area contributed by atoms with E-state index in [2.05, 4.69) is 12.2 Å². The number of hydrogen-bond donors (Lipinski definition) is 2. The number of aliphatic hydroxyl groups is 1. The van der Waals surface area contributed by atoms with Gasteiger partial charge in [-0.2, -0.15) is 11.3 Å². The summed E-state index contributed by atoms with van der Waals surface area (Å²) in [7, 11) is 0. The first-order valence-corrected chi connectivity index (χ1v) is 7.19. The molecule has 0 aromatic carbocycles. The van der Waals surface area contributed by atoms with Gasteiger partial charge in [-0.1, -0.05) is 32.6 Å². The lowest BCUT2D eigenvalue weighted by Gasteiger charge is -2.10. The summed E-state index contributed by atoms with van der Waals surface area (Å²) in [5.74, 6) is 0. The van der Waals surface area contributed by atoms with Gasteiger partial charge >= 0.3 is 0 Å². The average Bonchev–Trinajstić information content (AvgIpc) is 2.81. The molecule has 1 aromatic rings. The molecule has 0 fully saturated rings. The molecule has 0 aliphatic carbocycles. The first kappa shape index (κ1) is 13.7. The fourth-order valence-corrected chi connectivity index (χ4v) is 2.38. The molecule has 1 heterocycles. The summed E-state index contributed by atoms with van der Waals surface area (Å²) in [6.45, 7) is 3.92. The summed E-state index contributed by atoms with van der Waals surface area (Å²) in [5.41, 5.74) is 1.03. The van der Waals surface area contributed by atoms with Gasteiger partial charge in [0.25, 0.3) is 0 Å². The molecule has 2 nitrogen and oxygen atoms in total. The van der Waals surface area contributed by atoms with E-state index in [9.17, 15) is 5.11 Å². The van der Waals surface area contributed by atoms with E-state index in [4.69, 9.17) is 0 Å². The molecule has 1 rings (SSSR count). The number of hydrogen-bond acceptors (Lipinski definition) is 3. The maximum atomic E-state index is 9.79. The second-order valence-corrected chi connectivity index (χ2v) is 4.97. The standard InChI is InChI=1S/C13H23NOS/c1-2-3-4-5-6-8-14-10-13(15)12-7-9-16-11-12/h7,9,11,13-15H,2-6,8,10H2,1H3. The van der Waals surface area contributed by atoms with Crippen molar-refractivity contribution in [2.24, 2.45) is 0 Å². The van der Waals surface area contributed by atoms with Crippen LogP contribution in [0.15, 0.2) is 16.8 Å². The third-order valence-electron chi connectivity index (χ3n) is 2.72. The lowest BCUT2D eigenvalue weighted by Crippen LogP contribution is -2.22. The highest BCUT2D eigenvalue weighted by Gasteiger charge is 2.06. The van der Waals surface area contributed by atoms with E-state index in [1.165, 1.54) is 32.1 Å². The molecular weight excluding hydrogens is 218 g/mol. The van der Waals surface area contributed by atoms with Crippen molar-refractivity contribution in [2.75, 3.05) is 13.1 Å². The molecule has 0 aliphatic rings. The number of aliphatic hydroxyl groups excluding tert-OH is 1. The Bertz CT molecular complexity index is 248. The van der Waals surface area contributed by atoms with Crippen molar-refractivity contribution in [1.82, 2.24) is 5.32 Å². The zero-order valence-electron chi connectivity index (χ0n) is 10.1. The van der Waals surface area contributed by atoms with Crippen LogP contribution in [0.25, 0.3) is 0 Å². The van der Waals surface area contributed by atoms with Crippen molar-refractivity contribution in [1.29, 1.82) is 0 Å². The Kier molecular flexibility index (Phi) is 7.47. The predicted molar refractivity (Wildman–Crippen MR) is 70.9 cm³/mol. The largest absolute Gasteiger partial charge is 0.387 e. The van der Waals surface area contributed by atoms with E-state index >= 15 is 0 Å². The summed E-state index contributed by atoms with van der Waals surface area (Å²) >= 11 is 1.63. The minimum atomic E-state index is -0.345. The Balaban J connectivity index is 1.95. The van der Waals surface area contributed by atoms with Crippen molar-refractivity contribution in [3.05, 3.63) is 22.4 Å². The van der Waals surface area contributed by atoms with Crippen LogP contribution in [0, 0.1) is 0 Å². The quantitative estimate of drug-likeness (QED) is 0.650. The number of unbranched alkanes of at least 4 members (excludes halogenated alkanes) is 4. The number of rotatable bonds is 9. The maximum Gasteiger partial charge on any atom is 0.0922 e. The van der Waals surface area contributed by atoms with E-state index in [-0.39, 0.29) is 6.10 Å². The summed E-state index contributed by atoms with van der Waals surface area (Å²) in [5, 5.41) is 17.1. The van der Waals surface area contributed by atoms with Gasteiger partial charge in [-0.3, -0.25) is 0 Å². The first-order valence-electron chi connectivity index (χ1n) is 6.25. The van der Waals surface area contributed by atoms with Crippen molar-refractivity contribution in [3.8, 4) is 0 Å². The second kappa shape index (κ2) is 8.74.